The van der Waals surface area contributed by atoms with E-state index in [4.69, 9.17) is 4.42 Å². The molecular weight excluding hydrogens is 397 g/mol. The van der Waals surface area contributed by atoms with Gasteiger partial charge in [-0.1, -0.05) is 13.8 Å². The lowest BCUT2D eigenvalue weighted by Gasteiger charge is -2.32. The highest BCUT2D eigenvalue weighted by Crippen LogP contribution is 2.33. The van der Waals surface area contributed by atoms with E-state index in [0.29, 0.717) is 36.1 Å². The summed E-state index contributed by atoms with van der Waals surface area (Å²) in [6.07, 6.45) is 2.59. The first-order chi connectivity index (χ1) is 13.6. The summed E-state index contributed by atoms with van der Waals surface area (Å²) in [5.74, 6) is 0.286. The molecule has 0 spiro atoms. The maximum absolute atomic E-state index is 13.6. The second kappa shape index (κ2) is 8.31. The van der Waals surface area contributed by atoms with Crippen molar-refractivity contribution in [1.29, 1.82) is 0 Å². The molecule has 1 aromatic carbocycles. The van der Waals surface area contributed by atoms with Crippen LogP contribution in [0.2, 0.25) is 0 Å². The van der Waals surface area contributed by atoms with Crippen LogP contribution >= 0.6 is 0 Å². The second-order valence-corrected chi connectivity index (χ2v) is 10.0. The van der Waals surface area contributed by atoms with Crippen molar-refractivity contribution in [2.24, 2.45) is 5.92 Å². The molecule has 1 aromatic heterocycles. The Hall–Kier alpha value is -2.13. The maximum atomic E-state index is 13.6. The molecule has 0 aliphatic carbocycles. The molecule has 9 heteroatoms. The molecule has 1 aliphatic heterocycles. The third kappa shape index (κ3) is 4.90. The summed E-state index contributed by atoms with van der Waals surface area (Å²) in [6.45, 7) is 6.51. The fourth-order valence-corrected chi connectivity index (χ4v) is 4.68. The van der Waals surface area contributed by atoms with Crippen molar-refractivity contribution in [2.75, 3.05) is 19.3 Å². The van der Waals surface area contributed by atoms with Crippen LogP contribution in [0.5, 0.6) is 0 Å². The van der Waals surface area contributed by atoms with E-state index in [1.807, 2.05) is 20.8 Å². The van der Waals surface area contributed by atoms with E-state index >= 15 is 0 Å². The summed E-state index contributed by atoms with van der Waals surface area (Å²) in [5, 5.41) is 6.51. The van der Waals surface area contributed by atoms with Gasteiger partial charge in [0.15, 0.2) is 0 Å². The van der Waals surface area contributed by atoms with Crippen LogP contribution in [0.25, 0.3) is 11.0 Å². The van der Waals surface area contributed by atoms with Gasteiger partial charge in [-0.2, -0.15) is 0 Å². The number of urea groups is 1. The Bertz CT molecular complexity index is 1000. The van der Waals surface area contributed by atoms with Gasteiger partial charge in [0.25, 0.3) is 0 Å². The number of aryl methyl sites for hydroxylation is 1. The third-order valence-corrected chi connectivity index (χ3v) is 6.63. The van der Waals surface area contributed by atoms with Crippen LogP contribution in [0.4, 0.5) is 9.18 Å². The Balaban J connectivity index is 1.74. The fraction of sp³-hybridized carbons (Fsp3) is 0.550. The molecule has 3 rings (SSSR count). The molecule has 2 unspecified atom stereocenters. The van der Waals surface area contributed by atoms with Gasteiger partial charge in [-0.05, 0) is 43.9 Å². The van der Waals surface area contributed by atoms with Gasteiger partial charge in [0.2, 0.25) is 10.0 Å². The number of sulfonamides is 1. The average molecular weight is 426 g/mol. The summed E-state index contributed by atoms with van der Waals surface area (Å²) < 4.78 is 44.5. The number of rotatable bonds is 5. The number of benzene rings is 1. The lowest BCUT2D eigenvalue weighted by molar-refractivity contribution is 0.216. The molecule has 1 aliphatic rings. The first-order valence-electron chi connectivity index (χ1n) is 9.77. The molecule has 2 atom stereocenters. The Morgan fingerprint density at radius 2 is 2.07 bits per heavy atom. The van der Waals surface area contributed by atoms with E-state index in [9.17, 15) is 17.6 Å². The van der Waals surface area contributed by atoms with Gasteiger partial charge in [0.1, 0.15) is 17.2 Å². The molecule has 0 saturated carbocycles. The zero-order chi connectivity index (χ0) is 21.3. The van der Waals surface area contributed by atoms with Crippen molar-refractivity contribution in [3.05, 3.63) is 35.3 Å². The SMILES string of the molecule is Cc1c(C(NC(=O)NC2CCCN(S(C)(=O)=O)C2)C(C)C)oc2ccc(F)cc12. The van der Waals surface area contributed by atoms with Crippen molar-refractivity contribution >= 4 is 27.0 Å². The lowest BCUT2D eigenvalue weighted by atomic mass is 9.98. The quantitative estimate of drug-likeness (QED) is 0.769. The molecule has 1 fully saturated rings. The van der Waals surface area contributed by atoms with Crippen LogP contribution < -0.4 is 10.6 Å². The normalized spacial score (nSPS) is 19.4. The van der Waals surface area contributed by atoms with E-state index in [1.165, 1.54) is 22.7 Å². The average Bonchev–Trinajstić information content (AvgIpc) is 2.95. The van der Waals surface area contributed by atoms with Crippen LogP contribution in [0.3, 0.4) is 0 Å². The zero-order valence-electron chi connectivity index (χ0n) is 17.2. The fourth-order valence-electron chi connectivity index (χ4n) is 3.77. The highest BCUT2D eigenvalue weighted by Gasteiger charge is 2.29. The van der Waals surface area contributed by atoms with Gasteiger partial charge in [0, 0.05) is 30.1 Å². The van der Waals surface area contributed by atoms with Crippen molar-refractivity contribution in [3.63, 3.8) is 0 Å². The van der Waals surface area contributed by atoms with Crippen LogP contribution in [0, 0.1) is 18.7 Å². The molecular formula is C20H28FN3O4S. The van der Waals surface area contributed by atoms with E-state index < -0.39 is 16.1 Å². The monoisotopic (exact) mass is 425 g/mol. The predicted octanol–water partition coefficient (Wildman–Crippen LogP) is 3.30. The predicted molar refractivity (Wildman–Crippen MR) is 110 cm³/mol. The van der Waals surface area contributed by atoms with E-state index in [-0.39, 0.29) is 30.4 Å². The minimum atomic E-state index is -3.28. The van der Waals surface area contributed by atoms with Crippen molar-refractivity contribution in [2.45, 2.75) is 45.7 Å². The van der Waals surface area contributed by atoms with Crippen LogP contribution in [0.15, 0.2) is 22.6 Å². The number of fused-ring (bicyclic) bond motifs is 1. The molecule has 2 heterocycles. The molecule has 2 N–H and O–H groups in total. The Kier molecular flexibility index (Phi) is 6.19. The summed E-state index contributed by atoms with van der Waals surface area (Å²) in [6, 6.07) is 3.32. The number of furan rings is 1. The first-order valence-corrected chi connectivity index (χ1v) is 11.6. The summed E-state index contributed by atoms with van der Waals surface area (Å²) in [5.41, 5.74) is 1.36. The largest absolute Gasteiger partial charge is 0.459 e. The third-order valence-electron chi connectivity index (χ3n) is 5.36. The molecule has 1 saturated heterocycles. The second-order valence-electron chi connectivity index (χ2n) is 8.03. The number of amides is 2. The lowest BCUT2D eigenvalue weighted by Crippen LogP contribution is -2.52. The van der Waals surface area contributed by atoms with Gasteiger partial charge >= 0.3 is 6.03 Å². The van der Waals surface area contributed by atoms with E-state index in [1.54, 1.807) is 6.07 Å². The highest BCUT2D eigenvalue weighted by molar-refractivity contribution is 7.88. The number of carbonyl (C=O) groups excluding carboxylic acids is 1. The summed E-state index contributed by atoms with van der Waals surface area (Å²) in [7, 11) is -3.28. The van der Waals surface area contributed by atoms with Crippen molar-refractivity contribution < 1.29 is 22.0 Å². The Morgan fingerprint density at radius 3 is 2.72 bits per heavy atom. The molecule has 29 heavy (non-hydrogen) atoms. The maximum Gasteiger partial charge on any atom is 0.315 e. The van der Waals surface area contributed by atoms with Gasteiger partial charge in [-0.3, -0.25) is 0 Å². The molecule has 0 bridgehead atoms. The smallest absolute Gasteiger partial charge is 0.315 e. The van der Waals surface area contributed by atoms with Gasteiger partial charge in [0.05, 0.1) is 12.3 Å². The van der Waals surface area contributed by atoms with E-state index in [2.05, 4.69) is 10.6 Å². The molecule has 2 aromatic rings. The zero-order valence-corrected chi connectivity index (χ0v) is 18.0. The number of carbonyl (C=O) groups is 1. The summed E-state index contributed by atoms with van der Waals surface area (Å²) in [4.78, 5) is 12.6. The minimum absolute atomic E-state index is 0.0312. The van der Waals surface area contributed by atoms with Crippen LogP contribution in [-0.4, -0.2) is 44.1 Å². The minimum Gasteiger partial charge on any atom is -0.459 e. The van der Waals surface area contributed by atoms with Crippen molar-refractivity contribution in [3.8, 4) is 0 Å². The van der Waals surface area contributed by atoms with Crippen LogP contribution in [0.1, 0.15) is 44.1 Å². The van der Waals surface area contributed by atoms with Crippen LogP contribution in [-0.2, 0) is 10.0 Å². The standard InChI is InChI=1S/C20H28FN3O4S/c1-12(2)18(19-13(3)16-10-14(21)7-8-17(16)28-19)23-20(25)22-15-6-5-9-24(11-15)29(4,26)27/h7-8,10,12,15,18H,5-6,9,11H2,1-4H3,(H2,22,23,25). The Morgan fingerprint density at radius 1 is 1.34 bits per heavy atom. The molecule has 7 nitrogen and oxygen atoms in total. The number of nitrogens with zero attached hydrogens (tertiary/aromatic N) is 1. The molecule has 0 radical (unpaired) electrons. The van der Waals surface area contributed by atoms with E-state index in [0.717, 1.165) is 5.56 Å². The number of hydrogen-bond donors (Lipinski definition) is 2. The number of piperidine rings is 1. The summed E-state index contributed by atoms with van der Waals surface area (Å²) >= 11 is 0. The Labute approximate surface area is 170 Å². The highest BCUT2D eigenvalue weighted by atomic mass is 32.2. The number of hydrogen-bond acceptors (Lipinski definition) is 4. The number of halogens is 1. The molecule has 160 valence electrons. The molecule has 2 amide bonds. The van der Waals surface area contributed by atoms with Crippen molar-refractivity contribution in [1.82, 2.24) is 14.9 Å². The number of nitrogens with one attached hydrogen (secondary N) is 2. The topological polar surface area (TPSA) is 91.7 Å². The van der Waals surface area contributed by atoms with Gasteiger partial charge in [-0.25, -0.2) is 21.9 Å². The van der Waals surface area contributed by atoms with Gasteiger partial charge < -0.3 is 15.1 Å². The first kappa shape index (κ1) is 21.6. The van der Waals surface area contributed by atoms with Gasteiger partial charge in [-0.15, -0.1) is 0 Å².